The summed E-state index contributed by atoms with van der Waals surface area (Å²) in [4.78, 5) is 2.26. The molecule has 25 heavy (non-hydrogen) atoms. The first-order valence-electron chi connectivity index (χ1n) is 8.81. The zero-order valence-electron chi connectivity index (χ0n) is 14.5. The van der Waals surface area contributed by atoms with Crippen molar-refractivity contribution in [2.75, 3.05) is 32.8 Å². The molecule has 1 heterocycles. The number of halogens is 2. The third kappa shape index (κ3) is 4.35. The number of nitrogens with zero attached hydrogens (tertiary/aromatic N) is 1. The Labute approximate surface area is 147 Å². The summed E-state index contributed by atoms with van der Waals surface area (Å²) < 4.78 is 33.4. The zero-order chi connectivity index (χ0) is 17.6. The van der Waals surface area contributed by atoms with E-state index in [1.807, 2.05) is 31.2 Å². The number of nitrogens with one attached hydrogen (secondary N) is 1. The Morgan fingerprint density at radius 1 is 1.08 bits per heavy atom. The molecular weight excluding hydrogens is 322 g/mol. The van der Waals surface area contributed by atoms with Crippen LogP contribution in [0.2, 0.25) is 0 Å². The lowest BCUT2D eigenvalue weighted by Crippen LogP contribution is -2.33. The standard InChI is InChI=1S/C20H24F2N2O/c1-2-25-17-7-4-15(5-8-17)20(24-12-3-10-23-11-13-24)18-9-6-16(21)14-19(18)22/h4-9,14,20,23H,2-3,10-13H2,1H3. The fourth-order valence-electron chi connectivity index (χ4n) is 3.35. The van der Waals surface area contributed by atoms with Crippen LogP contribution in [0.3, 0.4) is 0 Å². The number of hydrogen-bond donors (Lipinski definition) is 1. The highest BCUT2D eigenvalue weighted by Crippen LogP contribution is 2.32. The molecule has 1 unspecified atom stereocenters. The van der Waals surface area contributed by atoms with Gasteiger partial charge in [0.15, 0.2) is 0 Å². The molecule has 1 saturated heterocycles. The molecule has 2 aromatic carbocycles. The van der Waals surface area contributed by atoms with E-state index >= 15 is 0 Å². The highest BCUT2D eigenvalue weighted by atomic mass is 19.1. The van der Waals surface area contributed by atoms with Gasteiger partial charge in [0.2, 0.25) is 0 Å². The van der Waals surface area contributed by atoms with Gasteiger partial charge in [-0.3, -0.25) is 4.90 Å². The van der Waals surface area contributed by atoms with E-state index in [-0.39, 0.29) is 6.04 Å². The van der Waals surface area contributed by atoms with Crippen LogP contribution in [-0.4, -0.2) is 37.7 Å². The maximum Gasteiger partial charge on any atom is 0.131 e. The molecule has 0 aromatic heterocycles. The molecule has 1 N–H and O–H groups in total. The molecule has 2 aromatic rings. The van der Waals surface area contributed by atoms with E-state index in [1.54, 1.807) is 6.07 Å². The van der Waals surface area contributed by atoms with Gasteiger partial charge in [-0.15, -0.1) is 0 Å². The van der Waals surface area contributed by atoms with E-state index in [1.165, 1.54) is 6.07 Å². The predicted molar refractivity (Wildman–Crippen MR) is 94.9 cm³/mol. The molecule has 0 spiro atoms. The number of rotatable bonds is 5. The maximum atomic E-state index is 14.5. The Bertz CT molecular complexity index is 683. The van der Waals surface area contributed by atoms with Gasteiger partial charge in [-0.2, -0.15) is 0 Å². The highest BCUT2D eigenvalue weighted by molar-refractivity contribution is 5.36. The third-order valence-corrected chi connectivity index (χ3v) is 4.50. The van der Waals surface area contributed by atoms with E-state index in [0.29, 0.717) is 12.2 Å². The second-order valence-electron chi connectivity index (χ2n) is 6.21. The minimum Gasteiger partial charge on any atom is -0.494 e. The minimum atomic E-state index is -0.552. The summed E-state index contributed by atoms with van der Waals surface area (Å²) in [5, 5.41) is 3.37. The Morgan fingerprint density at radius 2 is 1.88 bits per heavy atom. The molecule has 0 bridgehead atoms. The lowest BCUT2D eigenvalue weighted by molar-refractivity contribution is 0.236. The van der Waals surface area contributed by atoms with Crippen LogP contribution in [0.15, 0.2) is 42.5 Å². The highest BCUT2D eigenvalue weighted by Gasteiger charge is 2.26. The SMILES string of the molecule is CCOc1ccc(C(c2ccc(F)cc2F)N2CCCNCC2)cc1. The van der Waals surface area contributed by atoms with Crippen molar-refractivity contribution in [2.24, 2.45) is 0 Å². The molecule has 0 saturated carbocycles. The van der Waals surface area contributed by atoms with E-state index < -0.39 is 11.6 Å². The van der Waals surface area contributed by atoms with Gasteiger partial charge in [0.25, 0.3) is 0 Å². The van der Waals surface area contributed by atoms with Crippen LogP contribution in [0.25, 0.3) is 0 Å². The van der Waals surface area contributed by atoms with Gasteiger partial charge < -0.3 is 10.1 Å². The predicted octanol–water partition coefficient (Wildman–Crippen LogP) is 3.75. The van der Waals surface area contributed by atoms with Crippen molar-refractivity contribution in [3.05, 3.63) is 65.2 Å². The van der Waals surface area contributed by atoms with Crippen molar-refractivity contribution in [1.82, 2.24) is 10.2 Å². The van der Waals surface area contributed by atoms with Gasteiger partial charge in [-0.05, 0) is 43.7 Å². The molecule has 1 fully saturated rings. The summed E-state index contributed by atoms with van der Waals surface area (Å²) in [5.41, 5.74) is 1.49. The largest absolute Gasteiger partial charge is 0.494 e. The molecule has 0 radical (unpaired) electrons. The van der Waals surface area contributed by atoms with Crippen LogP contribution in [0, 0.1) is 11.6 Å². The summed E-state index contributed by atoms with van der Waals surface area (Å²) >= 11 is 0. The molecular formula is C20H24F2N2O. The molecule has 1 atom stereocenters. The molecule has 3 nitrogen and oxygen atoms in total. The second kappa shape index (κ2) is 8.41. The fourth-order valence-corrected chi connectivity index (χ4v) is 3.35. The van der Waals surface area contributed by atoms with E-state index in [4.69, 9.17) is 4.74 Å². The molecule has 134 valence electrons. The van der Waals surface area contributed by atoms with Gasteiger partial charge in [0.05, 0.1) is 12.6 Å². The van der Waals surface area contributed by atoms with E-state index in [9.17, 15) is 8.78 Å². The van der Waals surface area contributed by atoms with Gasteiger partial charge in [-0.1, -0.05) is 18.2 Å². The van der Waals surface area contributed by atoms with Crippen LogP contribution in [-0.2, 0) is 0 Å². The number of benzene rings is 2. The van der Waals surface area contributed by atoms with Crippen molar-refractivity contribution < 1.29 is 13.5 Å². The smallest absolute Gasteiger partial charge is 0.131 e. The quantitative estimate of drug-likeness (QED) is 0.892. The van der Waals surface area contributed by atoms with Gasteiger partial charge in [0.1, 0.15) is 17.4 Å². The summed E-state index contributed by atoms with van der Waals surface area (Å²) in [6.07, 6.45) is 0.996. The van der Waals surface area contributed by atoms with Crippen molar-refractivity contribution in [3.63, 3.8) is 0 Å². The first-order valence-corrected chi connectivity index (χ1v) is 8.81. The Morgan fingerprint density at radius 3 is 2.60 bits per heavy atom. The van der Waals surface area contributed by atoms with Gasteiger partial charge in [-0.25, -0.2) is 8.78 Å². The average molecular weight is 346 g/mol. The molecule has 0 amide bonds. The number of ether oxygens (including phenoxy) is 1. The summed E-state index contributed by atoms with van der Waals surface area (Å²) in [5.74, 6) is -0.262. The normalized spacial score (nSPS) is 17.1. The lowest BCUT2D eigenvalue weighted by atomic mass is 9.96. The molecule has 5 heteroatoms. The topological polar surface area (TPSA) is 24.5 Å². The lowest BCUT2D eigenvalue weighted by Gasteiger charge is -2.31. The van der Waals surface area contributed by atoms with Crippen molar-refractivity contribution >= 4 is 0 Å². The van der Waals surface area contributed by atoms with E-state index in [0.717, 1.165) is 50.0 Å². The Kier molecular flexibility index (Phi) is 6.00. The monoisotopic (exact) mass is 346 g/mol. The van der Waals surface area contributed by atoms with Crippen molar-refractivity contribution in [3.8, 4) is 5.75 Å². The second-order valence-corrected chi connectivity index (χ2v) is 6.21. The van der Waals surface area contributed by atoms with Crippen LogP contribution in [0.4, 0.5) is 8.78 Å². The number of hydrogen-bond acceptors (Lipinski definition) is 3. The van der Waals surface area contributed by atoms with Gasteiger partial charge >= 0.3 is 0 Å². The van der Waals surface area contributed by atoms with Crippen LogP contribution in [0.5, 0.6) is 5.75 Å². The van der Waals surface area contributed by atoms with Crippen LogP contribution >= 0.6 is 0 Å². The summed E-state index contributed by atoms with van der Waals surface area (Å²) in [7, 11) is 0. The summed E-state index contributed by atoms with van der Waals surface area (Å²) in [6, 6.07) is 11.4. The van der Waals surface area contributed by atoms with E-state index in [2.05, 4.69) is 10.2 Å². The molecule has 1 aliphatic rings. The molecule has 0 aliphatic carbocycles. The van der Waals surface area contributed by atoms with Crippen molar-refractivity contribution in [1.29, 1.82) is 0 Å². The zero-order valence-corrected chi connectivity index (χ0v) is 14.5. The average Bonchev–Trinajstić information content (AvgIpc) is 2.88. The fraction of sp³-hybridized carbons (Fsp3) is 0.400. The Hall–Kier alpha value is -1.98. The van der Waals surface area contributed by atoms with Gasteiger partial charge in [0, 0.05) is 31.3 Å². The molecule has 3 rings (SSSR count). The van der Waals surface area contributed by atoms with Crippen molar-refractivity contribution in [2.45, 2.75) is 19.4 Å². The summed E-state index contributed by atoms with van der Waals surface area (Å²) in [6.45, 7) is 6.03. The minimum absolute atomic E-state index is 0.240. The molecule has 1 aliphatic heterocycles. The third-order valence-electron chi connectivity index (χ3n) is 4.50. The van der Waals surface area contributed by atoms with Crippen LogP contribution in [0.1, 0.15) is 30.5 Å². The van der Waals surface area contributed by atoms with Crippen LogP contribution < -0.4 is 10.1 Å². The first kappa shape index (κ1) is 17.8. The first-order chi connectivity index (χ1) is 12.2. The Balaban J connectivity index is 1.98. The maximum absolute atomic E-state index is 14.5.